The van der Waals surface area contributed by atoms with Gasteiger partial charge in [-0.2, -0.15) is 9.97 Å². The molecule has 0 radical (unpaired) electrons. The number of phosphoric ester groups is 2. The summed E-state index contributed by atoms with van der Waals surface area (Å²) in [6.07, 6.45) is -11.5. The van der Waals surface area contributed by atoms with Crippen molar-refractivity contribution in [3.63, 3.8) is 0 Å². The SMILES string of the molecule is Nc1nc2c(ncn2[C@@H]2O[C@@H]3COP(=O)([O-])O[C@H]4[C@@H](OC(=O)NCCCCCCNC(=O)c5ccc6c(c5)C(=O)OC65c6ccc(O)cc6Oc6cc(O)ccc65)[C@H](n5cnc6c(=O)[nH]c(N)nc65)O[C@@H]4COP(=O)([O-])O[C@H]3[C@H]2O)c(=O)[nH]1.[Na+].[Na+]. The largest absolute Gasteiger partial charge is 1.00 e. The first kappa shape index (κ1) is 61.7. The number of phenolic OH excluding ortho intramolecular Hbond substituents is 2. The van der Waals surface area contributed by atoms with Gasteiger partial charge in [-0.1, -0.05) is 18.9 Å². The van der Waals surface area contributed by atoms with Gasteiger partial charge in [-0.3, -0.25) is 42.6 Å². The van der Waals surface area contributed by atoms with Gasteiger partial charge in [0.05, 0.1) is 31.4 Å². The molecule has 0 aliphatic carbocycles. The van der Waals surface area contributed by atoms with E-state index in [9.17, 15) is 58.2 Å². The van der Waals surface area contributed by atoms with E-state index in [1.165, 1.54) is 30.3 Å². The number of imidazole rings is 2. The summed E-state index contributed by atoms with van der Waals surface area (Å²) in [6.45, 7) is -1.90. The van der Waals surface area contributed by atoms with Crippen LogP contribution in [0.25, 0.3) is 22.3 Å². The minimum atomic E-state index is -5.62. The molecule has 2 amide bonds. The third-order valence-electron chi connectivity index (χ3n) is 14.3. The third kappa shape index (κ3) is 11.7. The fourth-order valence-corrected chi connectivity index (χ4v) is 12.5. The van der Waals surface area contributed by atoms with Crippen molar-refractivity contribution in [2.45, 2.75) is 80.4 Å². The quantitative estimate of drug-likeness (QED) is 0.0252. The Morgan fingerprint density at radius 3 is 1.84 bits per heavy atom. The van der Waals surface area contributed by atoms with Gasteiger partial charge in [0.25, 0.3) is 32.7 Å². The molecule has 85 heavy (non-hydrogen) atoms. The van der Waals surface area contributed by atoms with Crippen LogP contribution in [0.5, 0.6) is 23.0 Å². The number of rotatable bonds is 11. The zero-order valence-electron chi connectivity index (χ0n) is 44.5. The van der Waals surface area contributed by atoms with E-state index in [0.717, 1.165) is 21.8 Å². The monoisotopic (exact) mass is 1230 g/mol. The van der Waals surface area contributed by atoms with Crippen LogP contribution in [0.2, 0.25) is 0 Å². The summed E-state index contributed by atoms with van der Waals surface area (Å²) < 4.78 is 80.3. The number of carbonyl (C=O) groups excluding carboxylic acids is 3. The van der Waals surface area contributed by atoms with E-state index in [1.54, 1.807) is 24.3 Å². The Bertz CT molecular complexity index is 3970. The number of aromatic hydroxyl groups is 2. The zero-order chi connectivity index (χ0) is 58.3. The second kappa shape index (κ2) is 24.1. The molecule has 0 saturated carbocycles. The number of phenols is 2. The van der Waals surface area contributed by atoms with Crippen molar-refractivity contribution < 1.29 is 150 Å². The summed E-state index contributed by atoms with van der Waals surface area (Å²) in [5.74, 6) is -1.68. The van der Waals surface area contributed by atoms with Gasteiger partial charge in [-0.15, -0.1) is 0 Å². The first-order valence-electron chi connectivity index (χ1n) is 25.3. The number of nitrogens with one attached hydrogen (secondary N) is 4. The van der Waals surface area contributed by atoms with Crippen LogP contribution in [0.4, 0.5) is 16.7 Å². The number of aliphatic hydroxyl groups excluding tert-OH is 1. The summed E-state index contributed by atoms with van der Waals surface area (Å²) >= 11 is 0. The number of nitrogens with zero attached hydrogens (tertiary/aromatic N) is 6. The molecular formula is C48H46N12Na2O21P2. The molecule has 9 heterocycles. The molecule has 1 spiro atoms. The summed E-state index contributed by atoms with van der Waals surface area (Å²) in [5, 5.41) is 37.2. The number of fused-ring (bicyclic) bond motifs is 10. The number of nitrogens with two attached hydrogens (primary N) is 2. The van der Waals surface area contributed by atoms with E-state index in [-0.39, 0.29) is 141 Å². The number of ether oxygens (including phenoxy) is 5. The molecule has 0 bridgehead atoms. The second-order valence-electron chi connectivity index (χ2n) is 19.6. The van der Waals surface area contributed by atoms with Crippen LogP contribution in [-0.2, 0) is 51.8 Å². The van der Waals surface area contributed by atoms with Crippen LogP contribution < -0.4 is 107 Å². The molecule has 7 aromatic rings. The predicted octanol–water partition coefficient (Wildman–Crippen LogP) is -5.60. The number of alkyl carbamates (subject to hydrolysis) is 1. The number of aromatic nitrogens is 8. The fraction of sp³-hybridized carbons (Fsp3) is 0.354. The van der Waals surface area contributed by atoms with Gasteiger partial charge in [0.1, 0.15) is 53.5 Å². The van der Waals surface area contributed by atoms with E-state index < -0.39 is 113 Å². The molecule has 2 unspecified atom stereocenters. The number of aromatic amines is 2. The molecule has 12 rings (SSSR count). The molecule has 3 saturated heterocycles. The molecule has 3 fully saturated rings. The first-order valence-corrected chi connectivity index (χ1v) is 28.3. The Hall–Kier alpha value is -6.33. The molecule has 4 aromatic heterocycles. The normalized spacial score (nSPS) is 26.4. The summed E-state index contributed by atoms with van der Waals surface area (Å²) in [6, 6.07) is 13.3. The van der Waals surface area contributed by atoms with Crippen LogP contribution in [0, 0.1) is 0 Å². The molecular weight excluding hydrogens is 1190 g/mol. The average Bonchev–Trinajstić information content (AvgIpc) is 1.73. The number of carbonyl (C=O) groups is 3. The fourth-order valence-electron chi connectivity index (χ4n) is 10.6. The van der Waals surface area contributed by atoms with Gasteiger partial charge in [-0.05, 0) is 49.2 Å². The zero-order valence-corrected chi connectivity index (χ0v) is 50.3. The summed E-state index contributed by atoms with van der Waals surface area (Å²) in [5.41, 5.74) is 9.14. The Kier molecular flexibility index (Phi) is 17.5. The summed E-state index contributed by atoms with van der Waals surface area (Å²) in [4.78, 5) is 114. The topological polar surface area (TPSA) is 478 Å². The average molecular weight is 1230 g/mol. The van der Waals surface area contributed by atoms with Crippen molar-refractivity contribution in [3.8, 4) is 23.0 Å². The Morgan fingerprint density at radius 2 is 1.25 bits per heavy atom. The van der Waals surface area contributed by atoms with Gasteiger partial charge in [0, 0.05) is 47.5 Å². The van der Waals surface area contributed by atoms with Crippen molar-refractivity contribution in [2.24, 2.45) is 0 Å². The minimum absolute atomic E-state index is 0. The maximum atomic E-state index is 13.8. The van der Waals surface area contributed by atoms with E-state index in [4.69, 9.17) is 53.2 Å². The number of phosphoric acid groups is 2. The minimum Gasteiger partial charge on any atom is -0.756 e. The third-order valence-corrected chi connectivity index (χ3v) is 16.2. The summed E-state index contributed by atoms with van der Waals surface area (Å²) in [7, 11) is -11.2. The molecule has 5 aliphatic heterocycles. The van der Waals surface area contributed by atoms with E-state index in [2.05, 4.69) is 40.5 Å². The van der Waals surface area contributed by atoms with Gasteiger partial charge >= 0.3 is 71.2 Å². The van der Waals surface area contributed by atoms with Gasteiger partial charge in [-0.25, -0.2) is 19.6 Å². The van der Waals surface area contributed by atoms with Crippen LogP contribution >= 0.6 is 15.6 Å². The number of unbranched alkanes of at least 4 members (excludes halogenated alkanes) is 3. The molecule has 436 valence electrons. The van der Waals surface area contributed by atoms with E-state index >= 15 is 0 Å². The number of H-pyrrole nitrogens is 2. The maximum Gasteiger partial charge on any atom is 1.00 e. The van der Waals surface area contributed by atoms with Crippen molar-refractivity contribution in [3.05, 3.63) is 116 Å². The van der Waals surface area contributed by atoms with Crippen LogP contribution in [0.1, 0.15) is 75.5 Å². The standard InChI is InChI=1S/C48H48N12O21P2.2Na/c49-45-55-37-31(40(65)57-45)53-18-59(37)42-33(63)34-29(76-42)16-73-83(71,72)81-35-30(17-74-82(69,70)80-34)77-43(60-19-54-32-38(60)56-46(50)58-41(32)66)36(35)78-47(68)52-12-4-2-1-3-11-51-39(64)20-5-8-24-23(13-20)44(67)79-48(24)25-9-6-21(61)14-27(25)75-28-15-22(62)7-10-26(28)48;;/h5-10,13-15,18-19,29-30,33-36,42-43,61-63H,1-4,11-12,16-17H2,(H,51,64)(H,52,68)(H,69,70)(H,71,72)(H3,49,55,57,65)(H3,50,56,58,66);;/q;2*+1/p-2/t29-,30-,33-,34-,35-,36-,42-,43-;;/m1../s1. The number of hydrogen-bond acceptors (Lipinski definition) is 27. The van der Waals surface area contributed by atoms with Crippen LogP contribution in [0.3, 0.4) is 0 Å². The first-order chi connectivity index (χ1) is 39.7. The predicted molar refractivity (Wildman–Crippen MR) is 273 cm³/mol. The van der Waals surface area contributed by atoms with Gasteiger partial charge in [0.15, 0.2) is 46.5 Å². The van der Waals surface area contributed by atoms with Crippen molar-refractivity contribution in [2.75, 3.05) is 37.8 Å². The van der Waals surface area contributed by atoms with Crippen LogP contribution in [-0.4, -0.2) is 135 Å². The second-order valence-corrected chi connectivity index (χ2v) is 22.3. The number of benzene rings is 3. The molecule has 11 N–H and O–H groups in total. The molecule has 33 nitrogen and oxygen atoms in total. The number of hydrogen-bond donors (Lipinski definition) is 9. The Labute approximate surface area is 520 Å². The molecule has 3 aromatic carbocycles. The Morgan fingerprint density at radius 1 is 0.729 bits per heavy atom. The van der Waals surface area contributed by atoms with Crippen molar-refractivity contribution >= 4 is 67.8 Å². The number of aliphatic hydroxyl groups is 1. The number of amides is 2. The van der Waals surface area contributed by atoms with Gasteiger partial charge in [0.2, 0.25) is 11.9 Å². The van der Waals surface area contributed by atoms with Crippen molar-refractivity contribution in [1.82, 2.24) is 49.7 Å². The maximum absolute atomic E-state index is 13.8. The molecule has 5 aliphatic rings. The number of anilines is 2. The van der Waals surface area contributed by atoms with E-state index in [0.29, 0.717) is 42.4 Å². The smallest absolute Gasteiger partial charge is 0.756 e. The van der Waals surface area contributed by atoms with Gasteiger partial charge < -0.3 is 89.0 Å². The number of nitrogen functional groups attached to an aromatic ring is 2. The van der Waals surface area contributed by atoms with E-state index in [1.807, 2.05) is 0 Å². The molecule has 10 atom stereocenters. The van der Waals surface area contributed by atoms with Crippen LogP contribution in [0.15, 0.2) is 76.8 Å². The Balaban J connectivity index is 0.00000402. The van der Waals surface area contributed by atoms with Crippen molar-refractivity contribution in [1.29, 1.82) is 0 Å². The number of esters is 1. The molecule has 37 heteroatoms.